The molecule has 2 aromatic rings. The Bertz CT molecular complexity index is 649. The van der Waals surface area contributed by atoms with E-state index in [4.69, 9.17) is 4.74 Å². The fraction of sp³-hybridized carbons (Fsp3) is 0.333. The van der Waals surface area contributed by atoms with Gasteiger partial charge >= 0.3 is 0 Å². The highest BCUT2D eigenvalue weighted by Gasteiger charge is 2.39. The van der Waals surface area contributed by atoms with Crippen LogP contribution in [-0.4, -0.2) is 20.2 Å². The van der Waals surface area contributed by atoms with Crippen molar-refractivity contribution in [1.82, 2.24) is 5.32 Å². The van der Waals surface area contributed by atoms with Crippen molar-refractivity contribution in [3.8, 4) is 5.75 Å². The molecule has 0 spiro atoms. The van der Waals surface area contributed by atoms with Gasteiger partial charge in [-0.2, -0.15) is 0 Å². The lowest BCUT2D eigenvalue weighted by Crippen LogP contribution is -2.58. The van der Waals surface area contributed by atoms with E-state index in [1.54, 1.807) is 12.1 Å². The zero-order valence-electron chi connectivity index (χ0n) is 12.4. The average molecular weight is 285 g/mol. The van der Waals surface area contributed by atoms with Gasteiger partial charge in [0.1, 0.15) is 0 Å². The van der Waals surface area contributed by atoms with E-state index in [-0.39, 0.29) is 11.2 Å². The number of halogens is 1. The average Bonchev–Trinajstić information content (AvgIpc) is 2.44. The maximum atomic E-state index is 13.9. The molecule has 0 atom stereocenters. The number of aryl methyl sites for hydroxylation is 1. The molecule has 1 aliphatic rings. The first-order valence-electron chi connectivity index (χ1n) is 7.24. The van der Waals surface area contributed by atoms with E-state index in [0.717, 1.165) is 25.1 Å². The summed E-state index contributed by atoms with van der Waals surface area (Å²) in [6, 6.07) is 13.7. The Kier molecular flexibility index (Phi) is 3.68. The van der Waals surface area contributed by atoms with E-state index in [1.807, 2.05) is 6.07 Å². The Hall–Kier alpha value is -1.87. The molecule has 1 saturated heterocycles. The molecular formula is C18H20FNO. The van der Waals surface area contributed by atoms with Gasteiger partial charge in [0.2, 0.25) is 0 Å². The van der Waals surface area contributed by atoms with Crippen molar-refractivity contribution in [3.05, 3.63) is 65.0 Å². The summed E-state index contributed by atoms with van der Waals surface area (Å²) in [5, 5.41) is 3.37. The van der Waals surface area contributed by atoms with Gasteiger partial charge in [-0.25, -0.2) is 4.39 Å². The summed E-state index contributed by atoms with van der Waals surface area (Å²) < 4.78 is 18.9. The van der Waals surface area contributed by atoms with Gasteiger partial charge in [-0.05, 0) is 42.2 Å². The zero-order chi connectivity index (χ0) is 14.9. The maximum absolute atomic E-state index is 13.9. The van der Waals surface area contributed by atoms with Gasteiger partial charge in [0.15, 0.2) is 11.6 Å². The number of methoxy groups -OCH3 is 1. The predicted octanol–water partition coefficient (Wildman–Crippen LogP) is 3.23. The molecule has 0 aliphatic carbocycles. The normalized spacial score (nSPS) is 16.3. The fourth-order valence-corrected chi connectivity index (χ4v) is 3.22. The van der Waals surface area contributed by atoms with Gasteiger partial charge in [0, 0.05) is 18.5 Å². The highest BCUT2D eigenvalue weighted by molar-refractivity contribution is 5.40. The van der Waals surface area contributed by atoms with Crippen LogP contribution >= 0.6 is 0 Å². The van der Waals surface area contributed by atoms with Crippen LogP contribution in [0.15, 0.2) is 42.5 Å². The van der Waals surface area contributed by atoms with Crippen LogP contribution in [0.1, 0.15) is 16.7 Å². The monoisotopic (exact) mass is 285 g/mol. The first-order chi connectivity index (χ1) is 10.1. The molecular weight excluding hydrogens is 265 g/mol. The molecule has 0 bridgehead atoms. The number of hydrogen-bond acceptors (Lipinski definition) is 2. The summed E-state index contributed by atoms with van der Waals surface area (Å²) in [7, 11) is 1.49. The first-order valence-corrected chi connectivity index (χ1v) is 7.24. The maximum Gasteiger partial charge on any atom is 0.165 e. The summed E-state index contributed by atoms with van der Waals surface area (Å²) in [4.78, 5) is 0. The fourth-order valence-electron chi connectivity index (χ4n) is 3.22. The highest BCUT2D eigenvalue weighted by Crippen LogP contribution is 2.35. The second-order valence-electron chi connectivity index (χ2n) is 5.84. The Labute approximate surface area is 125 Å². The van der Waals surface area contributed by atoms with Gasteiger partial charge < -0.3 is 10.1 Å². The smallest absolute Gasteiger partial charge is 0.165 e. The van der Waals surface area contributed by atoms with Crippen molar-refractivity contribution in [3.63, 3.8) is 0 Å². The van der Waals surface area contributed by atoms with Crippen molar-refractivity contribution in [1.29, 1.82) is 0 Å². The minimum atomic E-state index is -0.290. The number of nitrogens with one attached hydrogen (secondary N) is 1. The van der Waals surface area contributed by atoms with E-state index in [0.29, 0.717) is 5.75 Å². The van der Waals surface area contributed by atoms with Crippen molar-refractivity contribution in [2.45, 2.75) is 18.8 Å². The third-order valence-corrected chi connectivity index (χ3v) is 4.40. The summed E-state index contributed by atoms with van der Waals surface area (Å²) in [6.07, 6.45) is 0.839. The molecule has 1 aliphatic heterocycles. The number of rotatable bonds is 4. The number of hydrogen-bond donors (Lipinski definition) is 1. The van der Waals surface area contributed by atoms with Gasteiger partial charge in [-0.1, -0.05) is 30.3 Å². The molecule has 1 fully saturated rings. The van der Waals surface area contributed by atoms with Crippen LogP contribution in [0.2, 0.25) is 0 Å². The topological polar surface area (TPSA) is 21.3 Å². The van der Waals surface area contributed by atoms with Crippen LogP contribution in [0.25, 0.3) is 0 Å². The predicted molar refractivity (Wildman–Crippen MR) is 82.4 cm³/mol. The Balaban J connectivity index is 1.91. The first kappa shape index (κ1) is 14.1. The lowest BCUT2D eigenvalue weighted by Gasteiger charge is -2.44. The van der Waals surface area contributed by atoms with Crippen LogP contribution in [-0.2, 0) is 11.8 Å². The molecule has 3 rings (SSSR count). The van der Waals surface area contributed by atoms with Crippen LogP contribution in [0.5, 0.6) is 5.75 Å². The lowest BCUT2D eigenvalue weighted by atomic mass is 9.69. The molecule has 2 nitrogen and oxygen atoms in total. The van der Waals surface area contributed by atoms with E-state index < -0.39 is 0 Å². The molecule has 1 heterocycles. The van der Waals surface area contributed by atoms with Crippen LogP contribution in [0.4, 0.5) is 4.39 Å². The standard InChI is InChI=1S/C18H20FNO/c1-13-5-3-4-6-15(13)18(11-20-12-18)10-14-7-8-17(21-2)16(19)9-14/h3-9,20H,10-12H2,1-2H3. The van der Waals surface area contributed by atoms with Crippen molar-refractivity contribution in [2.75, 3.05) is 20.2 Å². The number of ether oxygens (including phenoxy) is 1. The molecule has 0 amide bonds. The third-order valence-electron chi connectivity index (χ3n) is 4.40. The molecule has 2 aromatic carbocycles. The van der Waals surface area contributed by atoms with Crippen LogP contribution in [0.3, 0.4) is 0 Å². The van der Waals surface area contributed by atoms with Crippen molar-refractivity contribution in [2.24, 2.45) is 0 Å². The van der Waals surface area contributed by atoms with E-state index in [9.17, 15) is 4.39 Å². The SMILES string of the molecule is COc1ccc(CC2(c3ccccc3C)CNC2)cc1F. The summed E-state index contributed by atoms with van der Waals surface area (Å²) in [5.41, 5.74) is 3.75. The number of benzene rings is 2. The second kappa shape index (κ2) is 5.49. The van der Waals surface area contributed by atoms with Gasteiger partial charge in [0.05, 0.1) is 7.11 Å². The summed E-state index contributed by atoms with van der Waals surface area (Å²) in [5.74, 6) is 0.0117. The molecule has 3 heteroatoms. The van der Waals surface area contributed by atoms with Gasteiger partial charge in [-0.3, -0.25) is 0 Å². The minimum absolute atomic E-state index is 0.0758. The Morgan fingerprint density at radius 3 is 2.52 bits per heavy atom. The van der Waals surface area contributed by atoms with Crippen LogP contribution in [0, 0.1) is 12.7 Å². The quantitative estimate of drug-likeness (QED) is 0.931. The minimum Gasteiger partial charge on any atom is -0.494 e. The molecule has 1 N–H and O–H groups in total. The molecule has 0 saturated carbocycles. The molecule has 110 valence electrons. The molecule has 0 unspecified atom stereocenters. The highest BCUT2D eigenvalue weighted by atomic mass is 19.1. The van der Waals surface area contributed by atoms with Crippen molar-refractivity contribution >= 4 is 0 Å². The zero-order valence-corrected chi connectivity index (χ0v) is 12.4. The van der Waals surface area contributed by atoms with E-state index in [1.165, 1.54) is 18.2 Å². The second-order valence-corrected chi connectivity index (χ2v) is 5.84. The van der Waals surface area contributed by atoms with Crippen molar-refractivity contribution < 1.29 is 9.13 Å². The van der Waals surface area contributed by atoms with E-state index >= 15 is 0 Å². The van der Waals surface area contributed by atoms with Crippen LogP contribution < -0.4 is 10.1 Å². The molecule has 21 heavy (non-hydrogen) atoms. The summed E-state index contributed by atoms with van der Waals surface area (Å²) >= 11 is 0. The van der Waals surface area contributed by atoms with E-state index in [2.05, 4.69) is 36.5 Å². The summed E-state index contributed by atoms with van der Waals surface area (Å²) in [6.45, 7) is 4.01. The third kappa shape index (κ3) is 2.54. The van der Waals surface area contributed by atoms with Gasteiger partial charge in [0.25, 0.3) is 0 Å². The lowest BCUT2D eigenvalue weighted by molar-refractivity contribution is 0.273. The molecule has 0 aromatic heterocycles. The Morgan fingerprint density at radius 1 is 1.19 bits per heavy atom. The Morgan fingerprint density at radius 2 is 1.95 bits per heavy atom. The largest absolute Gasteiger partial charge is 0.494 e. The van der Waals surface area contributed by atoms with Gasteiger partial charge in [-0.15, -0.1) is 0 Å². The molecule has 0 radical (unpaired) electrons.